The SMILES string of the molecule is COc1ccc(-c2cc(C(=O)NCc3cccc(C(F)(F)F)c3)[nH]n2)cc1. The standard InChI is InChI=1S/C19H16F3N3O2/c1-27-15-7-5-13(6-8-15)16-10-17(25-24-16)18(26)23-11-12-3-2-4-14(9-12)19(20,21)22/h2-10H,11H2,1H3,(H,23,26)(H,24,25). The Morgan fingerprint density at radius 2 is 1.89 bits per heavy atom. The van der Waals surface area contributed by atoms with Gasteiger partial charge >= 0.3 is 6.18 Å². The number of carbonyl (C=O) groups excluding carboxylic acids is 1. The molecule has 0 radical (unpaired) electrons. The Kier molecular flexibility index (Phi) is 5.16. The lowest BCUT2D eigenvalue weighted by molar-refractivity contribution is -0.137. The lowest BCUT2D eigenvalue weighted by Gasteiger charge is -2.09. The molecule has 2 aromatic carbocycles. The van der Waals surface area contributed by atoms with Gasteiger partial charge in [-0.25, -0.2) is 0 Å². The van der Waals surface area contributed by atoms with Crippen molar-refractivity contribution in [1.82, 2.24) is 15.5 Å². The lowest BCUT2D eigenvalue weighted by Crippen LogP contribution is -2.23. The number of benzene rings is 2. The minimum absolute atomic E-state index is 0.0281. The molecule has 1 aromatic heterocycles. The zero-order valence-electron chi connectivity index (χ0n) is 14.3. The number of hydrogen-bond donors (Lipinski definition) is 2. The molecule has 0 atom stereocenters. The number of amides is 1. The molecule has 0 unspecified atom stereocenters. The Labute approximate surface area is 153 Å². The van der Waals surface area contributed by atoms with Crippen molar-refractivity contribution in [2.24, 2.45) is 0 Å². The molecule has 8 heteroatoms. The smallest absolute Gasteiger partial charge is 0.416 e. The van der Waals surface area contributed by atoms with E-state index in [1.165, 1.54) is 12.1 Å². The fourth-order valence-corrected chi connectivity index (χ4v) is 2.48. The van der Waals surface area contributed by atoms with E-state index in [9.17, 15) is 18.0 Å². The zero-order chi connectivity index (χ0) is 19.4. The number of nitrogens with one attached hydrogen (secondary N) is 2. The van der Waals surface area contributed by atoms with E-state index in [0.29, 0.717) is 17.0 Å². The molecule has 27 heavy (non-hydrogen) atoms. The summed E-state index contributed by atoms with van der Waals surface area (Å²) in [6.45, 7) is -0.0281. The molecule has 140 valence electrons. The van der Waals surface area contributed by atoms with Crippen LogP contribution in [0.5, 0.6) is 5.75 Å². The predicted octanol–water partition coefficient (Wildman–Crippen LogP) is 4.03. The van der Waals surface area contributed by atoms with Gasteiger partial charge in [0.25, 0.3) is 5.91 Å². The minimum atomic E-state index is -4.42. The average Bonchev–Trinajstić information content (AvgIpc) is 3.16. The summed E-state index contributed by atoms with van der Waals surface area (Å²) in [5, 5.41) is 9.30. The van der Waals surface area contributed by atoms with Gasteiger partial charge in [0.2, 0.25) is 0 Å². The Hall–Kier alpha value is -3.29. The number of aromatic amines is 1. The van der Waals surface area contributed by atoms with E-state index in [0.717, 1.165) is 17.7 Å². The summed E-state index contributed by atoms with van der Waals surface area (Å²) in [7, 11) is 1.57. The van der Waals surface area contributed by atoms with Crippen molar-refractivity contribution in [3.63, 3.8) is 0 Å². The number of alkyl halides is 3. The van der Waals surface area contributed by atoms with Crippen molar-refractivity contribution in [3.05, 3.63) is 71.4 Å². The zero-order valence-corrected chi connectivity index (χ0v) is 14.3. The summed E-state index contributed by atoms with van der Waals surface area (Å²) >= 11 is 0. The van der Waals surface area contributed by atoms with Gasteiger partial charge in [-0.2, -0.15) is 18.3 Å². The van der Waals surface area contributed by atoms with Gasteiger partial charge in [0.15, 0.2) is 0 Å². The lowest BCUT2D eigenvalue weighted by atomic mass is 10.1. The van der Waals surface area contributed by atoms with E-state index in [2.05, 4.69) is 15.5 Å². The molecule has 0 fully saturated rings. The van der Waals surface area contributed by atoms with Gasteiger partial charge in [-0.15, -0.1) is 0 Å². The van der Waals surface area contributed by atoms with Gasteiger partial charge in [0.05, 0.1) is 18.4 Å². The van der Waals surface area contributed by atoms with Crippen LogP contribution in [-0.4, -0.2) is 23.2 Å². The van der Waals surface area contributed by atoms with Crippen LogP contribution in [-0.2, 0) is 12.7 Å². The first kappa shape index (κ1) is 18.5. The van der Waals surface area contributed by atoms with Crippen LogP contribution in [0.15, 0.2) is 54.6 Å². The highest BCUT2D eigenvalue weighted by Crippen LogP contribution is 2.29. The molecule has 1 heterocycles. The van der Waals surface area contributed by atoms with Crippen molar-refractivity contribution in [3.8, 4) is 17.0 Å². The molecule has 3 aromatic rings. The highest BCUT2D eigenvalue weighted by molar-refractivity contribution is 5.93. The summed E-state index contributed by atoms with van der Waals surface area (Å²) in [6.07, 6.45) is -4.42. The summed E-state index contributed by atoms with van der Waals surface area (Å²) in [4.78, 5) is 12.2. The molecule has 0 saturated carbocycles. The first-order chi connectivity index (χ1) is 12.9. The van der Waals surface area contributed by atoms with Gasteiger partial charge in [-0.05, 0) is 48.0 Å². The molecule has 0 aliphatic heterocycles. The van der Waals surface area contributed by atoms with Crippen LogP contribution in [0.2, 0.25) is 0 Å². The number of ether oxygens (including phenoxy) is 1. The summed E-state index contributed by atoms with van der Waals surface area (Å²) in [6, 6.07) is 13.6. The number of rotatable bonds is 5. The number of nitrogens with zero attached hydrogens (tertiary/aromatic N) is 1. The van der Waals surface area contributed by atoms with Gasteiger partial charge < -0.3 is 10.1 Å². The predicted molar refractivity (Wildman–Crippen MR) is 93.2 cm³/mol. The first-order valence-electron chi connectivity index (χ1n) is 8.01. The maximum absolute atomic E-state index is 12.7. The number of H-pyrrole nitrogens is 1. The van der Waals surface area contributed by atoms with Crippen molar-refractivity contribution >= 4 is 5.91 Å². The molecule has 2 N–H and O–H groups in total. The van der Waals surface area contributed by atoms with Crippen molar-refractivity contribution in [1.29, 1.82) is 0 Å². The monoisotopic (exact) mass is 375 g/mol. The second-order valence-corrected chi connectivity index (χ2v) is 5.78. The molecular formula is C19H16F3N3O2. The van der Waals surface area contributed by atoms with E-state index in [-0.39, 0.29) is 12.2 Å². The van der Waals surface area contributed by atoms with E-state index in [4.69, 9.17) is 4.74 Å². The number of methoxy groups -OCH3 is 1. The Balaban J connectivity index is 1.66. The van der Waals surface area contributed by atoms with E-state index < -0.39 is 17.6 Å². The van der Waals surface area contributed by atoms with Crippen molar-refractivity contribution in [2.45, 2.75) is 12.7 Å². The van der Waals surface area contributed by atoms with Crippen molar-refractivity contribution < 1.29 is 22.7 Å². The van der Waals surface area contributed by atoms with E-state index in [1.54, 1.807) is 37.4 Å². The quantitative estimate of drug-likeness (QED) is 0.707. The number of carbonyl (C=O) groups is 1. The highest BCUT2D eigenvalue weighted by atomic mass is 19.4. The maximum Gasteiger partial charge on any atom is 0.416 e. The van der Waals surface area contributed by atoms with Gasteiger partial charge in [0, 0.05) is 12.1 Å². The average molecular weight is 375 g/mol. The summed E-state index contributed by atoms with van der Waals surface area (Å²) in [5.74, 6) is 0.244. The molecule has 0 aliphatic rings. The number of hydrogen-bond acceptors (Lipinski definition) is 3. The van der Waals surface area contributed by atoms with Crippen LogP contribution in [0.4, 0.5) is 13.2 Å². The third-order valence-electron chi connectivity index (χ3n) is 3.92. The molecule has 5 nitrogen and oxygen atoms in total. The number of aromatic nitrogens is 2. The van der Waals surface area contributed by atoms with Crippen LogP contribution in [0.25, 0.3) is 11.3 Å². The van der Waals surface area contributed by atoms with E-state index in [1.807, 2.05) is 0 Å². The van der Waals surface area contributed by atoms with Crippen LogP contribution in [0, 0.1) is 0 Å². The van der Waals surface area contributed by atoms with Crippen LogP contribution >= 0.6 is 0 Å². The second-order valence-electron chi connectivity index (χ2n) is 5.78. The normalized spacial score (nSPS) is 11.3. The number of halogens is 3. The van der Waals surface area contributed by atoms with Crippen molar-refractivity contribution in [2.75, 3.05) is 7.11 Å². The third kappa shape index (κ3) is 4.46. The van der Waals surface area contributed by atoms with Gasteiger partial charge in [0.1, 0.15) is 11.4 Å². The molecule has 0 bridgehead atoms. The topological polar surface area (TPSA) is 67.0 Å². The Morgan fingerprint density at radius 3 is 2.56 bits per heavy atom. The highest BCUT2D eigenvalue weighted by Gasteiger charge is 2.30. The van der Waals surface area contributed by atoms with Crippen LogP contribution in [0.1, 0.15) is 21.6 Å². The first-order valence-corrected chi connectivity index (χ1v) is 8.01. The maximum atomic E-state index is 12.7. The molecule has 0 spiro atoms. The summed E-state index contributed by atoms with van der Waals surface area (Å²) < 4.78 is 43.3. The Morgan fingerprint density at radius 1 is 1.15 bits per heavy atom. The van der Waals surface area contributed by atoms with Crippen LogP contribution < -0.4 is 10.1 Å². The molecule has 3 rings (SSSR count). The van der Waals surface area contributed by atoms with E-state index >= 15 is 0 Å². The van der Waals surface area contributed by atoms with Crippen LogP contribution in [0.3, 0.4) is 0 Å². The van der Waals surface area contributed by atoms with Gasteiger partial charge in [-0.3, -0.25) is 9.89 Å². The van der Waals surface area contributed by atoms with Gasteiger partial charge in [-0.1, -0.05) is 12.1 Å². The molecular weight excluding hydrogens is 359 g/mol. The summed E-state index contributed by atoms with van der Waals surface area (Å²) in [5.41, 5.74) is 1.18. The fraction of sp³-hybridized carbons (Fsp3) is 0.158. The third-order valence-corrected chi connectivity index (χ3v) is 3.92. The molecule has 1 amide bonds. The fourth-order valence-electron chi connectivity index (χ4n) is 2.48. The largest absolute Gasteiger partial charge is 0.497 e. The molecule has 0 aliphatic carbocycles. The second kappa shape index (κ2) is 7.53. The molecule has 0 saturated heterocycles. The Bertz CT molecular complexity index is 934. The minimum Gasteiger partial charge on any atom is -0.497 e.